The van der Waals surface area contributed by atoms with Gasteiger partial charge in [-0.25, -0.2) is 8.78 Å². The summed E-state index contributed by atoms with van der Waals surface area (Å²) < 4.78 is 25.0. The van der Waals surface area contributed by atoms with Gasteiger partial charge in [0.05, 0.1) is 6.42 Å². The third-order valence-corrected chi connectivity index (χ3v) is 2.37. The molecule has 0 spiro atoms. The maximum atomic E-state index is 12.6. The van der Waals surface area contributed by atoms with Gasteiger partial charge in [0, 0.05) is 5.56 Å². The fourth-order valence-electron chi connectivity index (χ4n) is 1.15. The molecule has 0 aliphatic rings. The van der Waals surface area contributed by atoms with Gasteiger partial charge in [-0.3, -0.25) is 4.79 Å². The zero-order valence-corrected chi connectivity index (χ0v) is 9.65. The number of alkyl halides is 2. The number of rotatable bonds is 4. The van der Waals surface area contributed by atoms with Gasteiger partial charge >= 0.3 is 18.2 Å². The third kappa shape index (κ3) is 3.16. The molecule has 0 fully saturated rings. The molecule has 0 radical (unpaired) electrons. The molecule has 92 valence electrons. The van der Waals surface area contributed by atoms with Crippen LogP contribution in [0.4, 0.5) is 14.6 Å². The molecule has 1 aromatic rings. The summed E-state index contributed by atoms with van der Waals surface area (Å²) in [5.41, 5.74) is -1.15. The largest absolute Gasteiger partial charge is 0.481 e. The van der Waals surface area contributed by atoms with Gasteiger partial charge in [-0.15, -0.1) is 0 Å². The van der Waals surface area contributed by atoms with Crippen molar-refractivity contribution in [2.75, 3.05) is 0 Å². The second-order valence-corrected chi connectivity index (χ2v) is 3.82. The molecule has 6 nitrogen and oxygen atoms in total. The Balaban J connectivity index is 3.35. The maximum Gasteiger partial charge on any atom is 0.378 e. The molecule has 1 aromatic heterocycles. The smallest absolute Gasteiger partial charge is 0.378 e. The summed E-state index contributed by atoms with van der Waals surface area (Å²) in [5.74, 6) is -2.09. The van der Waals surface area contributed by atoms with E-state index >= 15 is 0 Å². The molecular formula is C8H5BrF2N2O4. The topological polar surface area (TPSA) is 93.3 Å². The number of carboxylic acids is 1. The molecule has 9 heteroatoms. The van der Waals surface area contributed by atoms with E-state index < -0.39 is 35.3 Å². The lowest BCUT2D eigenvalue weighted by Gasteiger charge is -2.04. The van der Waals surface area contributed by atoms with Crippen molar-refractivity contribution >= 4 is 27.7 Å². The summed E-state index contributed by atoms with van der Waals surface area (Å²) in [6.07, 6.45) is -3.75. The summed E-state index contributed by atoms with van der Waals surface area (Å²) in [7, 11) is 0. The number of hydrogen-bond acceptors (Lipinski definition) is 4. The van der Waals surface area contributed by atoms with E-state index in [0.717, 1.165) is 6.07 Å². The van der Waals surface area contributed by atoms with Gasteiger partial charge in [0.2, 0.25) is 5.69 Å². The number of hydrogen-bond donors (Lipinski definition) is 1. The summed E-state index contributed by atoms with van der Waals surface area (Å²) in [4.78, 5) is 23.2. The number of nitro groups is 1. The Labute approximate surface area is 102 Å². The minimum absolute atomic E-state index is 0.136. The Hall–Kier alpha value is -1.64. The first-order valence-corrected chi connectivity index (χ1v) is 4.96. The van der Waals surface area contributed by atoms with Crippen LogP contribution in [0, 0.1) is 10.1 Å². The van der Waals surface area contributed by atoms with Crippen LogP contribution in [-0.4, -0.2) is 21.0 Å². The van der Waals surface area contributed by atoms with E-state index in [0.29, 0.717) is 0 Å². The number of aromatic nitrogens is 1. The monoisotopic (exact) mass is 310 g/mol. The van der Waals surface area contributed by atoms with Crippen LogP contribution in [0.1, 0.15) is 17.7 Å². The number of carbonyl (C=O) groups is 1. The van der Waals surface area contributed by atoms with Crippen molar-refractivity contribution in [3.05, 3.63) is 31.9 Å². The standard InChI is InChI=1S/C8H5BrF2N2O4/c9-4-1-3(2-5(14)15)6(7(10)11)12-8(4)13(16)17/h1,7H,2H2,(H,14,15). The number of halogens is 3. The van der Waals surface area contributed by atoms with Crippen molar-refractivity contribution in [2.24, 2.45) is 0 Å². The highest BCUT2D eigenvalue weighted by atomic mass is 79.9. The summed E-state index contributed by atoms with van der Waals surface area (Å²) >= 11 is 2.78. The first kappa shape index (κ1) is 13.4. The van der Waals surface area contributed by atoms with Crippen LogP contribution in [0.2, 0.25) is 0 Å². The van der Waals surface area contributed by atoms with Crippen molar-refractivity contribution in [2.45, 2.75) is 12.8 Å². The number of pyridine rings is 1. The van der Waals surface area contributed by atoms with Gasteiger partial charge in [-0.05, 0) is 31.9 Å². The highest BCUT2D eigenvalue weighted by Gasteiger charge is 2.27. The molecular weight excluding hydrogens is 306 g/mol. The maximum absolute atomic E-state index is 12.6. The Kier molecular flexibility index (Phi) is 4.05. The fourth-order valence-corrected chi connectivity index (χ4v) is 1.66. The number of carboxylic acid groups (broad SMARTS) is 1. The van der Waals surface area contributed by atoms with Crippen molar-refractivity contribution in [1.82, 2.24) is 4.98 Å². The summed E-state index contributed by atoms with van der Waals surface area (Å²) in [6.45, 7) is 0. The Morgan fingerprint density at radius 2 is 2.24 bits per heavy atom. The van der Waals surface area contributed by atoms with Crippen molar-refractivity contribution < 1.29 is 23.6 Å². The van der Waals surface area contributed by atoms with Crippen LogP contribution in [0.15, 0.2) is 10.5 Å². The molecule has 0 bridgehead atoms. The first-order chi connectivity index (χ1) is 7.82. The SMILES string of the molecule is O=C(O)Cc1cc(Br)c([N+](=O)[O-])nc1C(F)F. The van der Waals surface area contributed by atoms with Crippen LogP contribution < -0.4 is 0 Å². The zero-order valence-electron chi connectivity index (χ0n) is 8.06. The van der Waals surface area contributed by atoms with Gasteiger partial charge in [0.15, 0.2) is 0 Å². The second kappa shape index (κ2) is 5.13. The molecule has 17 heavy (non-hydrogen) atoms. The fraction of sp³-hybridized carbons (Fsp3) is 0.250. The molecule has 1 heterocycles. The van der Waals surface area contributed by atoms with E-state index in [-0.39, 0.29) is 10.0 Å². The van der Waals surface area contributed by atoms with E-state index in [9.17, 15) is 23.7 Å². The number of nitrogens with zero attached hydrogens (tertiary/aromatic N) is 2. The summed E-state index contributed by atoms with van der Waals surface area (Å²) in [5, 5.41) is 19.0. The third-order valence-electron chi connectivity index (χ3n) is 1.79. The van der Waals surface area contributed by atoms with Gasteiger partial charge in [0.25, 0.3) is 0 Å². The lowest BCUT2D eigenvalue weighted by molar-refractivity contribution is -0.390. The molecule has 0 saturated carbocycles. The van der Waals surface area contributed by atoms with Gasteiger partial charge in [-0.2, -0.15) is 0 Å². The van der Waals surface area contributed by atoms with Crippen molar-refractivity contribution in [3.8, 4) is 0 Å². The second-order valence-electron chi connectivity index (χ2n) is 2.97. The minimum Gasteiger partial charge on any atom is -0.481 e. The Bertz CT molecular complexity index is 481. The first-order valence-electron chi connectivity index (χ1n) is 4.16. The van der Waals surface area contributed by atoms with Crippen molar-refractivity contribution in [1.29, 1.82) is 0 Å². The molecule has 0 aliphatic heterocycles. The van der Waals surface area contributed by atoms with Crippen LogP contribution in [-0.2, 0) is 11.2 Å². The summed E-state index contributed by atoms with van der Waals surface area (Å²) in [6, 6.07) is 0.973. The molecule has 0 aromatic carbocycles. The Morgan fingerprint density at radius 3 is 2.65 bits per heavy atom. The van der Waals surface area contributed by atoms with E-state index in [2.05, 4.69) is 20.9 Å². The van der Waals surface area contributed by atoms with Gasteiger partial charge in [0.1, 0.15) is 4.47 Å². The molecule has 0 amide bonds. The average Bonchev–Trinajstić information content (AvgIpc) is 2.15. The molecule has 1 rings (SSSR count). The predicted octanol–water partition coefficient (Wildman–Crippen LogP) is 2.32. The molecule has 0 aliphatic carbocycles. The quantitative estimate of drug-likeness (QED) is 0.680. The van der Waals surface area contributed by atoms with E-state index in [1.54, 1.807) is 0 Å². The van der Waals surface area contributed by atoms with Crippen LogP contribution in [0.25, 0.3) is 0 Å². The molecule has 0 unspecified atom stereocenters. The van der Waals surface area contributed by atoms with E-state index in [4.69, 9.17) is 5.11 Å². The molecule has 0 saturated heterocycles. The highest BCUT2D eigenvalue weighted by molar-refractivity contribution is 9.10. The Morgan fingerprint density at radius 1 is 1.65 bits per heavy atom. The molecule has 1 N–H and O–H groups in total. The lowest BCUT2D eigenvalue weighted by Crippen LogP contribution is -2.08. The van der Waals surface area contributed by atoms with Crippen molar-refractivity contribution in [3.63, 3.8) is 0 Å². The van der Waals surface area contributed by atoms with E-state index in [1.165, 1.54) is 0 Å². The molecule has 0 atom stereocenters. The van der Waals surface area contributed by atoms with Gasteiger partial charge in [-0.1, -0.05) is 0 Å². The van der Waals surface area contributed by atoms with E-state index in [1.807, 2.05) is 0 Å². The van der Waals surface area contributed by atoms with Crippen LogP contribution in [0.5, 0.6) is 0 Å². The van der Waals surface area contributed by atoms with Gasteiger partial charge < -0.3 is 15.2 Å². The number of aliphatic carboxylic acids is 1. The minimum atomic E-state index is -3.07. The van der Waals surface area contributed by atoms with Crippen LogP contribution >= 0.6 is 15.9 Å². The highest BCUT2D eigenvalue weighted by Crippen LogP contribution is 2.30. The normalized spacial score (nSPS) is 10.6. The lowest BCUT2D eigenvalue weighted by atomic mass is 10.1. The van der Waals surface area contributed by atoms with Crippen LogP contribution in [0.3, 0.4) is 0 Å². The zero-order chi connectivity index (χ0) is 13.2. The average molecular weight is 311 g/mol. The predicted molar refractivity (Wildman–Crippen MR) is 54.9 cm³/mol.